The number of hydrogen-bond donors (Lipinski definition) is 4. The van der Waals surface area contributed by atoms with Crippen LogP contribution in [0.1, 0.15) is 55.5 Å². The summed E-state index contributed by atoms with van der Waals surface area (Å²) in [5.74, 6) is -0.941. The predicted molar refractivity (Wildman–Crippen MR) is 165 cm³/mol. The maximum Gasteiger partial charge on any atom is 0.341 e. The monoisotopic (exact) mass is 585 g/mol. The first-order valence-electron chi connectivity index (χ1n) is 14.0. The molecule has 4 rings (SSSR count). The van der Waals surface area contributed by atoms with Crippen molar-refractivity contribution in [1.29, 1.82) is 0 Å². The number of carbonyl (C=O) groups is 3. The first-order chi connectivity index (χ1) is 20.5. The molecule has 1 heterocycles. The van der Waals surface area contributed by atoms with E-state index >= 15 is 0 Å². The molecule has 3 unspecified atom stereocenters. The number of methoxy groups -OCH3 is 2. The SMILES string of the molecule is COC(=O)c1cc(CN(C(=O)C(N)Cc2c(C)cc(C(N)=O)cc2C)C(C)C2NC=C(c3ccccc3)N2)ccc1OC. The Hall–Kier alpha value is -4.83. The summed E-state index contributed by atoms with van der Waals surface area (Å²) in [6.07, 6.45) is 1.87. The average Bonchev–Trinajstić information content (AvgIpc) is 3.51. The second kappa shape index (κ2) is 13.4. The standard InChI is InChI=1S/C33H39N5O5/c1-19-13-24(30(35)39)14-20(2)25(19)16-27(34)32(40)38(18-22-11-12-29(42-4)26(15-22)33(41)43-5)21(3)31-36-17-28(37-31)23-9-7-6-8-10-23/h6-15,17,21,27,31,36-37H,16,18,34H2,1-5H3,(H2,35,39). The lowest BCUT2D eigenvalue weighted by Gasteiger charge is -2.36. The lowest BCUT2D eigenvalue weighted by atomic mass is 9.93. The van der Waals surface area contributed by atoms with Gasteiger partial charge in [0, 0.05) is 18.3 Å². The Bertz CT molecular complexity index is 1510. The minimum Gasteiger partial charge on any atom is -0.496 e. The number of primary amides is 1. The molecule has 3 aromatic rings. The molecule has 0 spiro atoms. The molecule has 3 atom stereocenters. The molecule has 226 valence electrons. The van der Waals surface area contributed by atoms with Crippen LogP contribution in [0, 0.1) is 13.8 Å². The van der Waals surface area contributed by atoms with Crippen molar-refractivity contribution in [1.82, 2.24) is 15.5 Å². The molecule has 0 bridgehead atoms. The fourth-order valence-electron chi connectivity index (χ4n) is 5.37. The Morgan fingerprint density at radius 2 is 1.67 bits per heavy atom. The van der Waals surface area contributed by atoms with Crippen molar-refractivity contribution in [2.45, 2.75) is 52.0 Å². The Morgan fingerprint density at radius 3 is 2.28 bits per heavy atom. The van der Waals surface area contributed by atoms with E-state index in [2.05, 4.69) is 10.6 Å². The van der Waals surface area contributed by atoms with Crippen molar-refractivity contribution in [3.63, 3.8) is 0 Å². The van der Waals surface area contributed by atoms with Gasteiger partial charge in [-0.15, -0.1) is 0 Å². The molecule has 43 heavy (non-hydrogen) atoms. The van der Waals surface area contributed by atoms with Gasteiger partial charge in [0.1, 0.15) is 17.5 Å². The van der Waals surface area contributed by atoms with E-state index in [9.17, 15) is 14.4 Å². The molecule has 10 nitrogen and oxygen atoms in total. The second-order valence-corrected chi connectivity index (χ2v) is 10.7. The van der Waals surface area contributed by atoms with E-state index in [0.29, 0.717) is 16.9 Å². The number of carbonyl (C=O) groups excluding carboxylic acids is 3. The second-order valence-electron chi connectivity index (χ2n) is 10.7. The van der Waals surface area contributed by atoms with Crippen LogP contribution in [-0.2, 0) is 22.5 Å². The number of aryl methyl sites for hydroxylation is 2. The van der Waals surface area contributed by atoms with E-state index in [1.54, 1.807) is 29.2 Å². The number of rotatable bonds is 11. The largest absolute Gasteiger partial charge is 0.496 e. The van der Waals surface area contributed by atoms with Gasteiger partial charge < -0.3 is 36.5 Å². The maximum absolute atomic E-state index is 14.1. The third-order valence-corrected chi connectivity index (χ3v) is 7.80. The first kappa shape index (κ1) is 31.1. The number of esters is 1. The van der Waals surface area contributed by atoms with E-state index in [0.717, 1.165) is 28.0 Å². The van der Waals surface area contributed by atoms with Crippen molar-refractivity contribution >= 4 is 23.5 Å². The molecule has 1 aliphatic rings. The van der Waals surface area contributed by atoms with Gasteiger partial charge >= 0.3 is 5.97 Å². The first-order valence-corrected chi connectivity index (χ1v) is 14.0. The summed E-state index contributed by atoms with van der Waals surface area (Å²) in [7, 11) is 2.78. The number of ether oxygens (including phenoxy) is 2. The summed E-state index contributed by atoms with van der Waals surface area (Å²) in [5.41, 5.74) is 18.0. The highest BCUT2D eigenvalue weighted by Crippen LogP contribution is 2.25. The zero-order valence-corrected chi connectivity index (χ0v) is 25.1. The van der Waals surface area contributed by atoms with E-state index in [4.69, 9.17) is 20.9 Å². The minimum absolute atomic E-state index is 0.181. The van der Waals surface area contributed by atoms with Crippen LogP contribution in [0.5, 0.6) is 5.75 Å². The summed E-state index contributed by atoms with van der Waals surface area (Å²) in [4.78, 5) is 40.0. The van der Waals surface area contributed by atoms with Crippen LogP contribution in [0.2, 0.25) is 0 Å². The van der Waals surface area contributed by atoms with Gasteiger partial charge in [-0.1, -0.05) is 36.4 Å². The molecule has 1 aliphatic heterocycles. The number of benzene rings is 3. The molecule has 0 saturated carbocycles. The summed E-state index contributed by atoms with van der Waals surface area (Å²) in [5, 5.41) is 6.85. The Labute approximate surface area is 252 Å². The van der Waals surface area contributed by atoms with Gasteiger partial charge in [-0.3, -0.25) is 9.59 Å². The van der Waals surface area contributed by atoms with Crippen LogP contribution in [0.3, 0.4) is 0 Å². The van der Waals surface area contributed by atoms with Crippen LogP contribution in [0.25, 0.3) is 5.70 Å². The highest BCUT2D eigenvalue weighted by molar-refractivity contribution is 5.93. The van der Waals surface area contributed by atoms with Gasteiger partial charge in [0.25, 0.3) is 0 Å². The number of nitrogens with one attached hydrogen (secondary N) is 2. The fraction of sp³-hybridized carbons (Fsp3) is 0.303. The van der Waals surface area contributed by atoms with Crippen LogP contribution in [0.4, 0.5) is 0 Å². The molecule has 0 aliphatic carbocycles. The smallest absolute Gasteiger partial charge is 0.341 e. The Morgan fingerprint density at radius 1 is 1.00 bits per heavy atom. The Kier molecular flexibility index (Phi) is 9.72. The summed E-state index contributed by atoms with van der Waals surface area (Å²) in [6, 6.07) is 17.3. The van der Waals surface area contributed by atoms with Gasteiger partial charge in [0.2, 0.25) is 11.8 Å². The number of amides is 2. The number of nitrogens with zero attached hydrogens (tertiary/aromatic N) is 1. The minimum atomic E-state index is -0.874. The van der Waals surface area contributed by atoms with Crippen molar-refractivity contribution in [2.24, 2.45) is 11.5 Å². The molecule has 2 amide bonds. The normalized spacial score (nSPS) is 15.4. The van der Waals surface area contributed by atoms with Crippen LogP contribution < -0.4 is 26.8 Å². The van der Waals surface area contributed by atoms with Gasteiger partial charge in [0.15, 0.2) is 0 Å². The molecule has 0 saturated heterocycles. The maximum atomic E-state index is 14.1. The van der Waals surface area contributed by atoms with Crippen LogP contribution >= 0.6 is 0 Å². The highest BCUT2D eigenvalue weighted by Gasteiger charge is 2.33. The Balaban J connectivity index is 1.63. The summed E-state index contributed by atoms with van der Waals surface area (Å²) < 4.78 is 10.3. The van der Waals surface area contributed by atoms with Crippen molar-refractivity contribution < 1.29 is 23.9 Å². The zero-order valence-electron chi connectivity index (χ0n) is 25.1. The lowest BCUT2D eigenvalue weighted by molar-refractivity contribution is -0.136. The fourth-order valence-corrected chi connectivity index (χ4v) is 5.37. The quantitative estimate of drug-likeness (QED) is 0.251. The topological polar surface area (TPSA) is 149 Å². The van der Waals surface area contributed by atoms with Gasteiger partial charge in [-0.2, -0.15) is 0 Å². The zero-order chi connectivity index (χ0) is 31.3. The summed E-state index contributed by atoms with van der Waals surface area (Å²) in [6.45, 7) is 5.88. The van der Waals surface area contributed by atoms with Crippen LogP contribution in [0.15, 0.2) is 66.9 Å². The van der Waals surface area contributed by atoms with Gasteiger partial charge in [-0.25, -0.2) is 4.79 Å². The van der Waals surface area contributed by atoms with E-state index < -0.39 is 17.9 Å². The molecule has 10 heteroatoms. The van der Waals surface area contributed by atoms with Gasteiger partial charge in [-0.05, 0) is 79.3 Å². The average molecular weight is 586 g/mol. The van der Waals surface area contributed by atoms with E-state index in [1.165, 1.54) is 14.2 Å². The molecule has 0 aromatic heterocycles. The number of hydrogen-bond acceptors (Lipinski definition) is 8. The molecule has 0 fully saturated rings. The number of nitrogens with two attached hydrogens (primary N) is 2. The van der Waals surface area contributed by atoms with E-state index in [1.807, 2.05) is 63.4 Å². The van der Waals surface area contributed by atoms with Gasteiger partial charge in [0.05, 0.1) is 32.0 Å². The van der Waals surface area contributed by atoms with Crippen LogP contribution in [-0.4, -0.2) is 55.2 Å². The van der Waals surface area contributed by atoms with Crippen molar-refractivity contribution in [3.8, 4) is 5.75 Å². The molecular formula is C33H39N5O5. The molecule has 6 N–H and O–H groups in total. The molecule has 0 radical (unpaired) electrons. The van der Waals surface area contributed by atoms with Crippen molar-refractivity contribution in [3.05, 3.63) is 106 Å². The van der Waals surface area contributed by atoms with Crippen molar-refractivity contribution in [2.75, 3.05) is 14.2 Å². The van der Waals surface area contributed by atoms with E-state index in [-0.39, 0.29) is 36.6 Å². The predicted octanol–water partition coefficient (Wildman–Crippen LogP) is 3.00. The summed E-state index contributed by atoms with van der Waals surface area (Å²) >= 11 is 0. The third kappa shape index (κ3) is 6.98. The molecular weight excluding hydrogens is 546 g/mol. The highest BCUT2D eigenvalue weighted by atomic mass is 16.5. The third-order valence-electron chi connectivity index (χ3n) is 7.80. The lowest BCUT2D eigenvalue weighted by Crippen LogP contribution is -2.56. The molecule has 3 aromatic carbocycles.